The third kappa shape index (κ3) is 4.57. The van der Waals surface area contributed by atoms with Crippen LogP contribution in [0.1, 0.15) is 29.3 Å². The number of nitrogens with zero attached hydrogens (tertiary/aromatic N) is 3. The Bertz CT molecular complexity index is 1020. The van der Waals surface area contributed by atoms with Gasteiger partial charge in [0, 0.05) is 12.7 Å². The van der Waals surface area contributed by atoms with E-state index in [9.17, 15) is 14.7 Å². The Hall–Kier alpha value is -2.90. The second-order valence-electron chi connectivity index (χ2n) is 7.73. The Morgan fingerprint density at radius 3 is 2.65 bits per heavy atom. The van der Waals surface area contributed by atoms with E-state index in [1.54, 1.807) is 36.5 Å². The Kier molecular flexibility index (Phi) is 6.97. The predicted molar refractivity (Wildman–Crippen MR) is 119 cm³/mol. The van der Waals surface area contributed by atoms with Gasteiger partial charge in [-0.3, -0.25) is 14.6 Å². The van der Waals surface area contributed by atoms with Crippen molar-refractivity contribution in [2.75, 3.05) is 34.3 Å². The lowest BCUT2D eigenvalue weighted by Gasteiger charge is -2.25. The number of rotatable bonds is 7. The van der Waals surface area contributed by atoms with E-state index in [0.717, 1.165) is 12.1 Å². The monoisotopic (exact) mass is 443 g/mol. The Balaban J connectivity index is 2.17. The first-order chi connectivity index (χ1) is 14.8. The van der Waals surface area contributed by atoms with Crippen LogP contribution in [0.3, 0.4) is 0 Å². The first kappa shape index (κ1) is 22.8. The molecule has 1 amide bonds. The number of pyridine rings is 1. The molecule has 1 fully saturated rings. The number of hydrogen-bond acceptors (Lipinski definition) is 6. The fourth-order valence-electron chi connectivity index (χ4n) is 3.77. The van der Waals surface area contributed by atoms with Crippen molar-refractivity contribution in [3.8, 4) is 5.75 Å². The number of aryl methyl sites for hydroxylation is 1. The van der Waals surface area contributed by atoms with Gasteiger partial charge >= 0.3 is 0 Å². The third-order valence-corrected chi connectivity index (χ3v) is 5.44. The van der Waals surface area contributed by atoms with E-state index < -0.39 is 17.7 Å². The molecule has 1 saturated heterocycles. The maximum atomic E-state index is 13.1. The summed E-state index contributed by atoms with van der Waals surface area (Å²) in [5.74, 6) is -1.50. The van der Waals surface area contributed by atoms with Crippen LogP contribution in [-0.4, -0.2) is 65.9 Å². The molecular weight excluding hydrogens is 418 g/mol. The molecule has 1 aliphatic rings. The first-order valence-electron chi connectivity index (χ1n) is 9.94. The second kappa shape index (κ2) is 9.49. The highest BCUT2D eigenvalue weighted by Gasteiger charge is 2.46. The molecule has 1 aromatic heterocycles. The number of benzene rings is 1. The molecule has 0 aliphatic carbocycles. The van der Waals surface area contributed by atoms with Crippen LogP contribution in [0.25, 0.3) is 5.76 Å². The van der Waals surface area contributed by atoms with Crippen LogP contribution in [0.5, 0.6) is 5.75 Å². The summed E-state index contributed by atoms with van der Waals surface area (Å²) in [5, 5.41) is 11.5. The van der Waals surface area contributed by atoms with Crippen molar-refractivity contribution in [1.82, 2.24) is 14.8 Å². The maximum absolute atomic E-state index is 13.1. The number of amides is 1. The number of hydrogen-bond donors (Lipinski definition) is 1. The van der Waals surface area contributed by atoms with E-state index in [-0.39, 0.29) is 22.6 Å². The van der Waals surface area contributed by atoms with Crippen molar-refractivity contribution >= 4 is 29.1 Å². The van der Waals surface area contributed by atoms with Gasteiger partial charge in [0.25, 0.3) is 11.7 Å². The van der Waals surface area contributed by atoms with Crippen molar-refractivity contribution in [2.24, 2.45) is 0 Å². The quantitative estimate of drug-likeness (QED) is 0.401. The Labute approximate surface area is 186 Å². The zero-order valence-electron chi connectivity index (χ0n) is 18.1. The molecule has 1 N–H and O–H groups in total. The predicted octanol–water partition coefficient (Wildman–Crippen LogP) is 3.43. The van der Waals surface area contributed by atoms with Crippen molar-refractivity contribution in [3.63, 3.8) is 0 Å². The van der Waals surface area contributed by atoms with E-state index in [1.165, 1.54) is 12.0 Å². The summed E-state index contributed by atoms with van der Waals surface area (Å²) in [7, 11) is 5.32. The molecule has 1 atom stereocenters. The molecule has 0 saturated carbocycles. The molecule has 2 aromatic rings. The van der Waals surface area contributed by atoms with Gasteiger partial charge in [-0.15, -0.1) is 0 Å². The van der Waals surface area contributed by atoms with Gasteiger partial charge in [0.2, 0.25) is 0 Å². The van der Waals surface area contributed by atoms with Gasteiger partial charge in [0.05, 0.1) is 29.0 Å². The zero-order chi connectivity index (χ0) is 22.7. The number of aliphatic hydroxyl groups excluding tert-OH is 1. The number of likely N-dealkylation sites (tertiary alicyclic amines) is 1. The van der Waals surface area contributed by atoms with Crippen LogP contribution < -0.4 is 4.74 Å². The van der Waals surface area contributed by atoms with Gasteiger partial charge in [-0.2, -0.15) is 0 Å². The lowest BCUT2D eigenvalue weighted by atomic mass is 9.97. The fourth-order valence-corrected chi connectivity index (χ4v) is 4.12. The third-order valence-electron chi connectivity index (χ3n) is 5.16. The van der Waals surface area contributed by atoms with E-state index in [4.69, 9.17) is 16.3 Å². The minimum absolute atomic E-state index is 0.0199. The highest BCUT2D eigenvalue weighted by molar-refractivity contribution is 6.46. The molecule has 8 heteroatoms. The van der Waals surface area contributed by atoms with Crippen molar-refractivity contribution in [1.29, 1.82) is 0 Å². The number of Topliss-reactive ketones (excluding diaryl/α,β-unsaturated/α-hetero) is 1. The molecule has 0 bridgehead atoms. The van der Waals surface area contributed by atoms with Crippen molar-refractivity contribution in [3.05, 3.63) is 63.9 Å². The lowest BCUT2D eigenvalue weighted by Crippen LogP contribution is -2.32. The molecule has 2 heterocycles. The summed E-state index contributed by atoms with van der Waals surface area (Å²) < 4.78 is 5.38. The van der Waals surface area contributed by atoms with Gasteiger partial charge in [-0.05, 0) is 63.8 Å². The van der Waals surface area contributed by atoms with Gasteiger partial charge in [0.1, 0.15) is 17.6 Å². The van der Waals surface area contributed by atoms with Gasteiger partial charge in [-0.25, -0.2) is 0 Å². The summed E-state index contributed by atoms with van der Waals surface area (Å²) in [6.07, 6.45) is 2.27. The summed E-state index contributed by atoms with van der Waals surface area (Å²) in [6.45, 7) is 2.92. The summed E-state index contributed by atoms with van der Waals surface area (Å²) in [4.78, 5) is 33.8. The first-order valence-corrected chi connectivity index (χ1v) is 10.3. The standard InChI is InChI=1S/C23H26ClN3O4/c1-14-12-15(22(31-4)16(24)13-14)20(28)18-19(17-8-5-6-9-25-17)27(23(30)21(18)29)11-7-10-26(2)3/h5-6,8-9,12-13,19,28H,7,10-11H2,1-4H3/b20-18+. The zero-order valence-corrected chi connectivity index (χ0v) is 18.8. The minimum atomic E-state index is -0.799. The van der Waals surface area contributed by atoms with Crippen molar-refractivity contribution < 1.29 is 19.4 Å². The van der Waals surface area contributed by atoms with E-state index in [2.05, 4.69) is 4.98 Å². The fraction of sp³-hybridized carbons (Fsp3) is 0.348. The van der Waals surface area contributed by atoms with Crippen LogP contribution in [0.15, 0.2) is 42.1 Å². The van der Waals surface area contributed by atoms with Gasteiger partial charge in [-0.1, -0.05) is 17.7 Å². The SMILES string of the molecule is COc1c(Cl)cc(C)cc1/C(O)=C1\C(=O)C(=O)N(CCCN(C)C)C1c1ccccn1. The molecular formula is C23H26ClN3O4. The number of ether oxygens (including phenoxy) is 1. The minimum Gasteiger partial charge on any atom is -0.507 e. The molecule has 0 spiro atoms. The number of aromatic nitrogens is 1. The Morgan fingerprint density at radius 2 is 2.03 bits per heavy atom. The molecule has 1 aliphatic heterocycles. The number of aliphatic hydroxyl groups is 1. The van der Waals surface area contributed by atoms with Crippen molar-refractivity contribution in [2.45, 2.75) is 19.4 Å². The normalized spacial score (nSPS) is 18.1. The number of carbonyl (C=O) groups is 2. The molecule has 3 rings (SSSR count). The number of methoxy groups -OCH3 is 1. The number of ketones is 1. The molecule has 1 unspecified atom stereocenters. The molecule has 0 radical (unpaired) electrons. The van der Waals surface area contributed by atoms with Crippen LogP contribution >= 0.6 is 11.6 Å². The Morgan fingerprint density at radius 1 is 1.29 bits per heavy atom. The summed E-state index contributed by atoms with van der Waals surface area (Å²) in [5.41, 5.74) is 1.53. The van der Waals surface area contributed by atoms with E-state index >= 15 is 0 Å². The van der Waals surface area contributed by atoms with Gasteiger partial charge in [0.15, 0.2) is 0 Å². The van der Waals surface area contributed by atoms with E-state index in [0.29, 0.717) is 23.7 Å². The second-order valence-corrected chi connectivity index (χ2v) is 8.14. The highest BCUT2D eigenvalue weighted by Crippen LogP contribution is 2.42. The highest BCUT2D eigenvalue weighted by atomic mass is 35.5. The van der Waals surface area contributed by atoms with Crippen LogP contribution in [0.2, 0.25) is 5.02 Å². The average Bonchev–Trinajstić information content (AvgIpc) is 2.98. The summed E-state index contributed by atoms with van der Waals surface area (Å²) >= 11 is 6.29. The van der Waals surface area contributed by atoms with Crippen LogP contribution in [0, 0.1) is 6.92 Å². The van der Waals surface area contributed by atoms with Gasteiger partial charge < -0.3 is 19.6 Å². The largest absolute Gasteiger partial charge is 0.507 e. The summed E-state index contributed by atoms with van der Waals surface area (Å²) in [6, 6.07) is 7.86. The van der Waals surface area contributed by atoms with E-state index in [1.807, 2.05) is 25.9 Å². The molecule has 31 heavy (non-hydrogen) atoms. The average molecular weight is 444 g/mol. The maximum Gasteiger partial charge on any atom is 0.295 e. The van der Waals surface area contributed by atoms with Crippen LogP contribution in [-0.2, 0) is 9.59 Å². The lowest BCUT2D eigenvalue weighted by molar-refractivity contribution is -0.140. The smallest absolute Gasteiger partial charge is 0.295 e. The number of halogens is 1. The molecule has 164 valence electrons. The molecule has 1 aromatic carbocycles. The van der Waals surface area contributed by atoms with Crippen LogP contribution in [0.4, 0.5) is 0 Å². The molecule has 7 nitrogen and oxygen atoms in total. The topological polar surface area (TPSA) is 83.0 Å². The number of carbonyl (C=O) groups excluding carboxylic acids is 2.